The summed E-state index contributed by atoms with van der Waals surface area (Å²) in [6.45, 7) is 2.84. The van der Waals surface area contributed by atoms with Gasteiger partial charge in [-0.25, -0.2) is 4.98 Å². The van der Waals surface area contributed by atoms with Crippen molar-refractivity contribution >= 4 is 17.2 Å². The van der Waals surface area contributed by atoms with Crippen molar-refractivity contribution in [1.82, 2.24) is 4.98 Å². The van der Waals surface area contributed by atoms with E-state index in [1.807, 2.05) is 29.7 Å². The monoisotopic (exact) mass is 288 g/mol. The summed E-state index contributed by atoms with van der Waals surface area (Å²) in [7, 11) is 0. The number of hydrogen-bond donors (Lipinski definition) is 1. The van der Waals surface area contributed by atoms with Crippen LogP contribution in [0.5, 0.6) is 5.75 Å². The fraction of sp³-hybridized carbons (Fsp3) is 0.438. The molecule has 0 saturated heterocycles. The van der Waals surface area contributed by atoms with Crippen molar-refractivity contribution in [2.45, 2.75) is 38.6 Å². The van der Waals surface area contributed by atoms with E-state index >= 15 is 0 Å². The van der Waals surface area contributed by atoms with Crippen LogP contribution < -0.4 is 10.1 Å². The van der Waals surface area contributed by atoms with Gasteiger partial charge in [-0.3, -0.25) is 0 Å². The Kier molecular flexibility index (Phi) is 4.21. The fourth-order valence-corrected chi connectivity index (χ4v) is 3.62. The molecule has 0 fully saturated rings. The maximum absolute atomic E-state index is 5.77. The molecule has 106 valence electrons. The Morgan fingerprint density at radius 3 is 3.30 bits per heavy atom. The minimum Gasteiger partial charge on any atom is -0.490 e. The highest BCUT2D eigenvalue weighted by atomic mass is 32.1. The molecule has 2 aromatic rings. The molecule has 3 nitrogen and oxygen atoms in total. The highest BCUT2D eigenvalue weighted by Gasteiger charge is 2.22. The topological polar surface area (TPSA) is 34.1 Å². The number of rotatable bonds is 5. The van der Waals surface area contributed by atoms with Crippen molar-refractivity contribution in [2.75, 3.05) is 11.9 Å². The van der Waals surface area contributed by atoms with E-state index in [0.29, 0.717) is 6.04 Å². The van der Waals surface area contributed by atoms with Gasteiger partial charge in [0.1, 0.15) is 0 Å². The second-order valence-electron chi connectivity index (χ2n) is 5.09. The van der Waals surface area contributed by atoms with Gasteiger partial charge in [-0.15, -0.1) is 11.3 Å². The molecule has 3 rings (SSSR count). The van der Waals surface area contributed by atoms with Gasteiger partial charge in [0.2, 0.25) is 0 Å². The maximum Gasteiger partial charge on any atom is 0.169 e. The molecule has 1 aliphatic carbocycles. The lowest BCUT2D eigenvalue weighted by atomic mass is 9.94. The number of ether oxygens (including phenoxy) is 1. The predicted molar refractivity (Wildman–Crippen MR) is 83.6 cm³/mol. The quantitative estimate of drug-likeness (QED) is 0.884. The van der Waals surface area contributed by atoms with Crippen molar-refractivity contribution in [2.24, 2.45) is 0 Å². The minimum atomic E-state index is 0.365. The first-order valence-electron chi connectivity index (χ1n) is 7.29. The van der Waals surface area contributed by atoms with Gasteiger partial charge >= 0.3 is 0 Å². The van der Waals surface area contributed by atoms with Gasteiger partial charge in [-0.2, -0.15) is 0 Å². The summed E-state index contributed by atoms with van der Waals surface area (Å²) < 4.78 is 5.77. The van der Waals surface area contributed by atoms with Gasteiger partial charge in [0.05, 0.1) is 12.6 Å². The van der Waals surface area contributed by atoms with Crippen LogP contribution in [0.25, 0.3) is 0 Å². The average molecular weight is 288 g/mol. The molecule has 0 aliphatic heterocycles. The third-order valence-electron chi connectivity index (χ3n) is 3.60. The molecule has 0 radical (unpaired) electrons. The molecule has 2 aromatic heterocycles. The first-order chi connectivity index (χ1) is 9.88. The molecule has 20 heavy (non-hydrogen) atoms. The third kappa shape index (κ3) is 2.80. The smallest absolute Gasteiger partial charge is 0.169 e. The van der Waals surface area contributed by atoms with Gasteiger partial charge in [-0.05, 0) is 54.8 Å². The van der Waals surface area contributed by atoms with Crippen LogP contribution in [-0.2, 0) is 6.42 Å². The van der Waals surface area contributed by atoms with Crippen molar-refractivity contribution in [1.29, 1.82) is 0 Å². The molecular weight excluding hydrogens is 268 g/mol. The second-order valence-corrected chi connectivity index (χ2v) is 6.09. The second kappa shape index (κ2) is 6.27. The van der Waals surface area contributed by atoms with Gasteiger partial charge < -0.3 is 10.1 Å². The Balaban J connectivity index is 1.79. The highest BCUT2D eigenvalue weighted by Crippen LogP contribution is 2.36. The van der Waals surface area contributed by atoms with Crippen molar-refractivity contribution < 1.29 is 4.74 Å². The average Bonchev–Trinajstić information content (AvgIpc) is 2.96. The molecule has 0 saturated carbocycles. The van der Waals surface area contributed by atoms with E-state index in [9.17, 15) is 0 Å². The molecule has 4 heteroatoms. The van der Waals surface area contributed by atoms with Crippen LogP contribution in [0.2, 0.25) is 0 Å². The van der Waals surface area contributed by atoms with Crippen molar-refractivity contribution in [3.05, 3.63) is 40.2 Å². The fourth-order valence-electron chi connectivity index (χ4n) is 2.63. The number of thiophene rings is 1. The summed E-state index contributed by atoms with van der Waals surface area (Å²) in [6.07, 6.45) is 6.44. The number of nitrogens with one attached hydrogen (secondary N) is 1. The number of aromatic nitrogens is 1. The van der Waals surface area contributed by atoms with Crippen LogP contribution >= 0.6 is 11.3 Å². The SMILES string of the molecule is CCCOc1cccnc1NC1CCCc2sccc21. The molecular formula is C16H20N2OS. The minimum absolute atomic E-state index is 0.365. The van der Waals surface area contributed by atoms with Crippen molar-refractivity contribution in [3.63, 3.8) is 0 Å². The lowest BCUT2D eigenvalue weighted by molar-refractivity contribution is 0.317. The van der Waals surface area contributed by atoms with E-state index in [0.717, 1.165) is 31.0 Å². The Bertz CT molecular complexity index is 567. The number of hydrogen-bond acceptors (Lipinski definition) is 4. The summed E-state index contributed by atoms with van der Waals surface area (Å²) in [5.41, 5.74) is 1.44. The first-order valence-corrected chi connectivity index (χ1v) is 8.17. The van der Waals surface area contributed by atoms with Crippen LogP contribution in [0.15, 0.2) is 29.8 Å². The van der Waals surface area contributed by atoms with Crippen LogP contribution in [0, 0.1) is 0 Å². The summed E-state index contributed by atoms with van der Waals surface area (Å²) in [5, 5.41) is 5.76. The summed E-state index contributed by atoms with van der Waals surface area (Å²) in [5.74, 6) is 1.72. The molecule has 1 aliphatic rings. The molecule has 0 bridgehead atoms. The zero-order valence-electron chi connectivity index (χ0n) is 11.8. The van der Waals surface area contributed by atoms with E-state index in [4.69, 9.17) is 4.74 Å². The molecule has 0 aromatic carbocycles. The van der Waals surface area contributed by atoms with E-state index < -0.39 is 0 Å². The van der Waals surface area contributed by atoms with Gasteiger partial charge in [0.15, 0.2) is 11.6 Å². The van der Waals surface area contributed by atoms with Gasteiger partial charge in [-0.1, -0.05) is 6.92 Å². The number of anilines is 1. The third-order valence-corrected chi connectivity index (χ3v) is 4.59. The van der Waals surface area contributed by atoms with Gasteiger partial charge in [0.25, 0.3) is 0 Å². The normalized spacial score (nSPS) is 17.6. The lowest BCUT2D eigenvalue weighted by Gasteiger charge is -2.25. The Labute approximate surface area is 124 Å². The van der Waals surface area contributed by atoms with Crippen LogP contribution in [0.4, 0.5) is 5.82 Å². The molecule has 1 atom stereocenters. The maximum atomic E-state index is 5.77. The summed E-state index contributed by atoms with van der Waals surface area (Å²) in [4.78, 5) is 5.96. The largest absolute Gasteiger partial charge is 0.490 e. The number of pyridine rings is 1. The van der Waals surface area contributed by atoms with Gasteiger partial charge in [0, 0.05) is 11.1 Å². The molecule has 0 amide bonds. The highest BCUT2D eigenvalue weighted by molar-refractivity contribution is 7.10. The Hall–Kier alpha value is -1.55. The van der Waals surface area contributed by atoms with Crippen molar-refractivity contribution in [3.8, 4) is 5.75 Å². The number of nitrogens with zero attached hydrogens (tertiary/aromatic N) is 1. The van der Waals surface area contributed by atoms with E-state index in [1.54, 1.807) is 0 Å². The lowest BCUT2D eigenvalue weighted by Crippen LogP contribution is -2.17. The zero-order valence-corrected chi connectivity index (χ0v) is 12.6. The molecule has 2 heterocycles. The molecule has 0 spiro atoms. The summed E-state index contributed by atoms with van der Waals surface area (Å²) >= 11 is 1.87. The van der Waals surface area contributed by atoms with Crippen LogP contribution in [0.1, 0.15) is 42.7 Å². The van der Waals surface area contributed by atoms with Crippen LogP contribution in [0.3, 0.4) is 0 Å². The van der Waals surface area contributed by atoms with Crippen LogP contribution in [-0.4, -0.2) is 11.6 Å². The summed E-state index contributed by atoms with van der Waals surface area (Å²) in [6, 6.07) is 6.52. The molecule has 1 unspecified atom stereocenters. The predicted octanol–water partition coefficient (Wildman–Crippen LogP) is 4.42. The van der Waals surface area contributed by atoms with E-state index in [2.05, 4.69) is 28.7 Å². The van der Waals surface area contributed by atoms with E-state index in [1.165, 1.54) is 23.3 Å². The standard InChI is InChI=1S/C16H20N2OS/c1-2-10-19-14-6-4-9-17-16(14)18-13-5-3-7-15-12(13)8-11-20-15/h4,6,8-9,11,13H,2-3,5,7,10H2,1H3,(H,17,18). The zero-order chi connectivity index (χ0) is 13.8. The van der Waals surface area contributed by atoms with E-state index in [-0.39, 0.29) is 0 Å². The molecule has 1 N–H and O–H groups in total. The Morgan fingerprint density at radius 2 is 2.40 bits per heavy atom. The number of aryl methyl sites for hydroxylation is 1. The Morgan fingerprint density at radius 1 is 1.45 bits per heavy atom. The first kappa shape index (κ1) is 13.4. The number of fused-ring (bicyclic) bond motifs is 1.